The summed E-state index contributed by atoms with van der Waals surface area (Å²) < 4.78 is 62.6. The van der Waals surface area contributed by atoms with Crippen LogP contribution in [-0.4, -0.2) is 103 Å². The van der Waals surface area contributed by atoms with Gasteiger partial charge in [-0.1, -0.05) is 26.3 Å². The molecule has 1 fully saturated rings. The lowest BCUT2D eigenvalue weighted by molar-refractivity contribution is -0.142. The number of ether oxygens (including phenoxy) is 3. The molecule has 0 aliphatic carbocycles. The number of fused-ring (bicyclic) bond motifs is 1. The molecule has 2 heterocycles. The molecule has 2 amide bonds. The van der Waals surface area contributed by atoms with Crippen LogP contribution in [0.3, 0.4) is 0 Å². The first-order valence-electron chi connectivity index (χ1n) is 16.9. The minimum atomic E-state index is -4.70. The Morgan fingerprint density at radius 3 is 2.28 bits per heavy atom. The molecule has 1 saturated heterocycles. The molecule has 0 saturated carbocycles. The zero-order valence-corrected chi connectivity index (χ0v) is 30.7. The minimum Gasteiger partial charge on any atom is -0.497 e. The molecule has 50 heavy (non-hydrogen) atoms. The SMILES string of the molecule is CCN(CC)CCc1ccc(OC)c(C2(N3CCCC[C@H]3C(=O)N(C)C)C(=O)N(S(=O)(=O)c3ccc(OC)cc3OC)c3ccc(F)cc32)c1. The number of anilines is 1. The fourth-order valence-corrected chi connectivity index (χ4v) is 8.87. The molecule has 2 atom stereocenters. The molecule has 0 bridgehead atoms. The third-order valence-electron chi connectivity index (χ3n) is 9.87. The molecule has 3 aromatic carbocycles. The Balaban J connectivity index is 1.85. The van der Waals surface area contributed by atoms with Crippen molar-refractivity contribution in [3.63, 3.8) is 0 Å². The van der Waals surface area contributed by atoms with Crippen molar-refractivity contribution in [2.45, 2.75) is 56.0 Å². The third kappa shape index (κ3) is 6.31. The first-order valence-corrected chi connectivity index (χ1v) is 18.3. The van der Waals surface area contributed by atoms with Crippen molar-refractivity contribution in [3.8, 4) is 17.2 Å². The van der Waals surface area contributed by atoms with Crippen molar-refractivity contribution in [2.24, 2.45) is 0 Å². The quantitative estimate of drug-likeness (QED) is 0.250. The lowest BCUT2D eigenvalue weighted by Gasteiger charge is -2.47. The fraction of sp³-hybridized carbons (Fsp3) is 0.459. The van der Waals surface area contributed by atoms with Gasteiger partial charge in [0.05, 0.1) is 33.1 Å². The summed E-state index contributed by atoms with van der Waals surface area (Å²) in [5.41, 5.74) is -0.657. The normalized spacial score (nSPS) is 19.4. The van der Waals surface area contributed by atoms with Crippen molar-refractivity contribution < 1.29 is 36.6 Å². The lowest BCUT2D eigenvalue weighted by Crippen LogP contribution is -2.62. The number of likely N-dealkylation sites (N-methyl/N-ethyl adjacent to an activating group) is 2. The van der Waals surface area contributed by atoms with Crippen LogP contribution in [0.4, 0.5) is 10.1 Å². The number of halogens is 1. The molecule has 0 radical (unpaired) electrons. The Bertz CT molecular complexity index is 1850. The van der Waals surface area contributed by atoms with Gasteiger partial charge in [-0.15, -0.1) is 0 Å². The third-order valence-corrected chi connectivity index (χ3v) is 11.6. The maximum absolute atomic E-state index is 15.6. The molecule has 3 aromatic rings. The van der Waals surface area contributed by atoms with E-state index in [9.17, 15) is 13.2 Å². The number of likely N-dealkylation sites (tertiary alicyclic amines) is 1. The van der Waals surface area contributed by atoms with Crippen LogP contribution in [0.25, 0.3) is 0 Å². The highest BCUT2D eigenvalue weighted by atomic mass is 32.2. The topological polar surface area (TPSA) is 109 Å². The first-order chi connectivity index (χ1) is 23.9. The van der Waals surface area contributed by atoms with Crippen molar-refractivity contribution in [3.05, 3.63) is 77.1 Å². The van der Waals surface area contributed by atoms with Gasteiger partial charge in [0.25, 0.3) is 15.9 Å². The highest BCUT2D eigenvalue weighted by Crippen LogP contribution is 2.55. The van der Waals surface area contributed by atoms with Gasteiger partial charge in [0, 0.05) is 44.4 Å². The number of carbonyl (C=O) groups is 2. The zero-order chi connectivity index (χ0) is 36.4. The van der Waals surface area contributed by atoms with Gasteiger partial charge in [-0.3, -0.25) is 14.5 Å². The maximum atomic E-state index is 15.6. The number of amides is 2. The number of rotatable bonds is 13. The largest absolute Gasteiger partial charge is 0.497 e. The van der Waals surface area contributed by atoms with Crippen LogP contribution in [0.5, 0.6) is 17.2 Å². The van der Waals surface area contributed by atoms with Gasteiger partial charge in [-0.25, -0.2) is 17.1 Å². The van der Waals surface area contributed by atoms with Crippen LogP contribution in [-0.2, 0) is 31.6 Å². The molecule has 13 heteroatoms. The van der Waals surface area contributed by atoms with Gasteiger partial charge in [0.2, 0.25) is 5.91 Å². The molecular formula is C37H47FN4O7S. The van der Waals surface area contributed by atoms with Crippen LogP contribution in [0.1, 0.15) is 49.8 Å². The van der Waals surface area contributed by atoms with E-state index in [1.807, 2.05) is 12.1 Å². The summed E-state index contributed by atoms with van der Waals surface area (Å²) in [6.07, 6.45) is 2.39. The van der Waals surface area contributed by atoms with E-state index in [2.05, 4.69) is 18.7 Å². The average molecular weight is 711 g/mol. The smallest absolute Gasteiger partial charge is 0.274 e. The monoisotopic (exact) mass is 710 g/mol. The van der Waals surface area contributed by atoms with Crippen molar-refractivity contribution in [1.82, 2.24) is 14.7 Å². The van der Waals surface area contributed by atoms with Crippen LogP contribution in [0.2, 0.25) is 0 Å². The standard InChI is InChI=1S/C37H47FN4O7S/c1-8-40(9-2)21-19-25-13-17-32(48-6)29(22-25)37(41-20-11-10-12-31(41)35(43)39(3)4)28-23-26(38)14-16-30(28)42(36(37)44)50(45,46)34-18-15-27(47-5)24-33(34)49-7/h13-18,22-24,31H,8-12,19-21H2,1-7H3/t31-,37?/m0/s1. The zero-order valence-electron chi connectivity index (χ0n) is 29.9. The van der Waals surface area contributed by atoms with E-state index in [4.69, 9.17) is 14.2 Å². The Morgan fingerprint density at radius 2 is 1.64 bits per heavy atom. The summed E-state index contributed by atoms with van der Waals surface area (Å²) >= 11 is 0. The first kappa shape index (κ1) is 37.1. The molecule has 0 spiro atoms. The Hall–Kier alpha value is -4.20. The number of carbonyl (C=O) groups excluding carboxylic acids is 2. The van der Waals surface area contributed by atoms with Crippen LogP contribution < -0.4 is 18.5 Å². The van der Waals surface area contributed by atoms with Crippen LogP contribution >= 0.6 is 0 Å². The fourth-order valence-electron chi connectivity index (χ4n) is 7.27. The number of sulfonamides is 1. The molecule has 0 aromatic heterocycles. The second-order valence-corrected chi connectivity index (χ2v) is 14.5. The second-order valence-electron chi connectivity index (χ2n) is 12.7. The predicted octanol–water partition coefficient (Wildman–Crippen LogP) is 4.66. The van der Waals surface area contributed by atoms with Crippen molar-refractivity contribution in [1.29, 1.82) is 0 Å². The molecule has 0 N–H and O–H groups in total. The summed E-state index contributed by atoms with van der Waals surface area (Å²) in [7, 11) is 2.84. The molecule has 11 nitrogen and oxygen atoms in total. The summed E-state index contributed by atoms with van der Waals surface area (Å²) in [5.74, 6) is -1.14. The number of piperidine rings is 1. The van der Waals surface area contributed by atoms with E-state index >= 15 is 9.18 Å². The van der Waals surface area contributed by atoms with E-state index in [-0.39, 0.29) is 34.3 Å². The van der Waals surface area contributed by atoms with Gasteiger partial charge in [0.15, 0.2) is 5.54 Å². The molecule has 270 valence electrons. The molecule has 5 rings (SSSR count). The summed E-state index contributed by atoms with van der Waals surface area (Å²) in [4.78, 5) is 34.8. The Morgan fingerprint density at radius 1 is 0.920 bits per heavy atom. The number of hydrogen-bond acceptors (Lipinski definition) is 9. The van der Waals surface area contributed by atoms with Gasteiger partial charge in [-0.2, -0.15) is 0 Å². The minimum absolute atomic E-state index is 0.0218. The summed E-state index contributed by atoms with van der Waals surface area (Å²) in [6, 6.07) is 12.6. The van der Waals surface area contributed by atoms with Gasteiger partial charge < -0.3 is 24.0 Å². The number of benzene rings is 3. The molecule has 2 aliphatic rings. The molecule has 2 aliphatic heterocycles. The average Bonchev–Trinajstić information content (AvgIpc) is 3.39. The Kier molecular flexibility index (Phi) is 11.1. The van der Waals surface area contributed by atoms with E-state index in [0.717, 1.165) is 35.6 Å². The van der Waals surface area contributed by atoms with E-state index in [1.165, 1.54) is 56.6 Å². The van der Waals surface area contributed by atoms with Crippen LogP contribution in [0.15, 0.2) is 59.5 Å². The summed E-state index contributed by atoms with van der Waals surface area (Å²) in [6.45, 7) is 6.90. The van der Waals surface area contributed by atoms with E-state index < -0.39 is 33.3 Å². The number of hydrogen-bond donors (Lipinski definition) is 0. The highest BCUT2D eigenvalue weighted by molar-refractivity contribution is 7.93. The van der Waals surface area contributed by atoms with Crippen LogP contribution in [0, 0.1) is 5.82 Å². The highest BCUT2D eigenvalue weighted by Gasteiger charge is 2.62. The summed E-state index contributed by atoms with van der Waals surface area (Å²) in [5, 5.41) is 0. The number of nitrogens with zero attached hydrogens (tertiary/aromatic N) is 4. The van der Waals surface area contributed by atoms with Crippen molar-refractivity contribution >= 4 is 27.5 Å². The van der Waals surface area contributed by atoms with E-state index in [0.29, 0.717) is 42.7 Å². The number of methoxy groups -OCH3 is 3. The second kappa shape index (κ2) is 15.0. The lowest BCUT2D eigenvalue weighted by atomic mass is 9.78. The molecule has 1 unspecified atom stereocenters. The van der Waals surface area contributed by atoms with Gasteiger partial charge in [0.1, 0.15) is 28.0 Å². The predicted molar refractivity (Wildman–Crippen MR) is 189 cm³/mol. The Labute approximate surface area is 294 Å². The van der Waals surface area contributed by atoms with Gasteiger partial charge >= 0.3 is 0 Å². The molecular weight excluding hydrogens is 663 g/mol. The van der Waals surface area contributed by atoms with E-state index in [1.54, 1.807) is 25.1 Å². The van der Waals surface area contributed by atoms with Crippen molar-refractivity contribution in [2.75, 3.05) is 65.9 Å². The maximum Gasteiger partial charge on any atom is 0.274 e. The van der Waals surface area contributed by atoms with Gasteiger partial charge in [-0.05, 0) is 80.4 Å².